The lowest BCUT2D eigenvalue weighted by Gasteiger charge is -2.16. The summed E-state index contributed by atoms with van der Waals surface area (Å²) in [6.07, 6.45) is 0. The summed E-state index contributed by atoms with van der Waals surface area (Å²) in [4.78, 5) is 24.6. The van der Waals surface area contributed by atoms with E-state index in [1.54, 1.807) is 31.4 Å². The molecule has 2 aromatic carbocycles. The van der Waals surface area contributed by atoms with Crippen molar-refractivity contribution in [3.05, 3.63) is 42.0 Å². The van der Waals surface area contributed by atoms with E-state index in [-0.39, 0.29) is 5.56 Å². The molecule has 0 saturated carbocycles. The first kappa shape index (κ1) is 22.9. The van der Waals surface area contributed by atoms with Gasteiger partial charge in [-0.1, -0.05) is 0 Å². The van der Waals surface area contributed by atoms with Crippen LogP contribution in [0.2, 0.25) is 0 Å². The Labute approximate surface area is 176 Å². The molecule has 1 amide bonds. The molecule has 0 aromatic heterocycles. The molecule has 0 bridgehead atoms. The number of ether oxygens (including phenoxy) is 5. The minimum atomic E-state index is -0.676. The Morgan fingerprint density at radius 2 is 1.43 bits per heavy atom. The van der Waals surface area contributed by atoms with Gasteiger partial charge < -0.3 is 29.0 Å². The molecule has 2 aromatic rings. The van der Waals surface area contributed by atoms with Crippen molar-refractivity contribution in [2.75, 3.05) is 38.9 Å². The van der Waals surface area contributed by atoms with Crippen molar-refractivity contribution in [2.45, 2.75) is 20.8 Å². The standard InChI is InChI=1S/C22H27NO7/c1-5-27-18-12-15(13-19(28-6-2)21(18)29-7-3)22(25)30-14-20(24)23-16-8-10-17(26-4)11-9-16/h8-13H,5-7,14H2,1-4H3,(H,23,24). The monoisotopic (exact) mass is 417 g/mol. The predicted octanol–water partition coefficient (Wildman–Crippen LogP) is 3.69. The van der Waals surface area contributed by atoms with E-state index in [1.807, 2.05) is 20.8 Å². The van der Waals surface area contributed by atoms with E-state index in [1.165, 1.54) is 12.1 Å². The molecular weight excluding hydrogens is 390 g/mol. The molecule has 8 heteroatoms. The van der Waals surface area contributed by atoms with Gasteiger partial charge in [0.1, 0.15) is 5.75 Å². The number of hydrogen-bond donors (Lipinski definition) is 1. The van der Waals surface area contributed by atoms with Crippen LogP contribution in [0.1, 0.15) is 31.1 Å². The van der Waals surface area contributed by atoms with Crippen molar-refractivity contribution in [1.29, 1.82) is 0 Å². The van der Waals surface area contributed by atoms with E-state index < -0.39 is 18.5 Å². The number of amides is 1. The second-order valence-corrected chi connectivity index (χ2v) is 5.95. The third-order valence-electron chi connectivity index (χ3n) is 3.85. The molecule has 0 fully saturated rings. The number of esters is 1. The Kier molecular flexibility index (Phi) is 8.80. The lowest BCUT2D eigenvalue weighted by atomic mass is 10.2. The van der Waals surface area contributed by atoms with E-state index in [9.17, 15) is 9.59 Å². The van der Waals surface area contributed by atoms with Gasteiger partial charge in [-0.3, -0.25) is 4.79 Å². The molecule has 0 radical (unpaired) electrons. The van der Waals surface area contributed by atoms with Crippen molar-refractivity contribution in [2.24, 2.45) is 0 Å². The van der Waals surface area contributed by atoms with E-state index in [4.69, 9.17) is 23.7 Å². The van der Waals surface area contributed by atoms with Crippen LogP contribution in [-0.4, -0.2) is 45.4 Å². The van der Waals surface area contributed by atoms with E-state index >= 15 is 0 Å². The molecule has 8 nitrogen and oxygen atoms in total. The molecule has 0 aliphatic carbocycles. The highest BCUT2D eigenvalue weighted by molar-refractivity contribution is 5.96. The number of rotatable bonds is 11. The van der Waals surface area contributed by atoms with Crippen molar-refractivity contribution in [1.82, 2.24) is 0 Å². The smallest absolute Gasteiger partial charge is 0.338 e. The number of benzene rings is 2. The third kappa shape index (κ3) is 6.30. The third-order valence-corrected chi connectivity index (χ3v) is 3.85. The summed E-state index contributed by atoms with van der Waals surface area (Å²) in [7, 11) is 1.56. The molecule has 0 heterocycles. The Bertz CT molecular complexity index is 822. The first-order chi connectivity index (χ1) is 14.5. The number of hydrogen-bond acceptors (Lipinski definition) is 7. The van der Waals surface area contributed by atoms with Crippen LogP contribution in [0.25, 0.3) is 0 Å². The molecule has 0 unspecified atom stereocenters. The Hall–Kier alpha value is -3.42. The SMILES string of the molecule is CCOc1cc(C(=O)OCC(=O)Nc2ccc(OC)cc2)cc(OCC)c1OCC. The molecule has 0 spiro atoms. The molecule has 0 aliphatic heterocycles. The van der Waals surface area contributed by atoms with E-state index in [0.29, 0.717) is 48.5 Å². The summed E-state index contributed by atoms with van der Waals surface area (Å²) >= 11 is 0. The van der Waals surface area contributed by atoms with Crippen LogP contribution >= 0.6 is 0 Å². The van der Waals surface area contributed by atoms with Crippen molar-refractivity contribution in [3.63, 3.8) is 0 Å². The summed E-state index contributed by atoms with van der Waals surface area (Å²) in [6, 6.07) is 9.83. The molecule has 30 heavy (non-hydrogen) atoms. The predicted molar refractivity (Wildman–Crippen MR) is 112 cm³/mol. The van der Waals surface area contributed by atoms with Gasteiger partial charge >= 0.3 is 5.97 Å². The van der Waals surface area contributed by atoms with Crippen LogP contribution < -0.4 is 24.3 Å². The number of carbonyl (C=O) groups excluding carboxylic acids is 2. The summed E-state index contributed by atoms with van der Waals surface area (Å²) in [6.45, 7) is 6.23. The van der Waals surface area contributed by atoms with Crippen LogP contribution in [0.4, 0.5) is 5.69 Å². The summed E-state index contributed by atoms with van der Waals surface area (Å²) in [5.74, 6) is 0.708. The summed E-state index contributed by atoms with van der Waals surface area (Å²) < 4.78 is 27.0. The maximum Gasteiger partial charge on any atom is 0.338 e. The zero-order valence-electron chi connectivity index (χ0n) is 17.7. The van der Waals surface area contributed by atoms with Gasteiger partial charge in [0, 0.05) is 5.69 Å². The Morgan fingerprint density at radius 1 is 0.867 bits per heavy atom. The van der Waals surface area contributed by atoms with Gasteiger partial charge in [-0.2, -0.15) is 0 Å². The molecule has 0 saturated heterocycles. The Balaban J connectivity index is 2.08. The molecule has 2 rings (SSSR count). The number of carbonyl (C=O) groups is 2. The van der Waals surface area contributed by atoms with Gasteiger partial charge in [0.25, 0.3) is 5.91 Å². The summed E-state index contributed by atoms with van der Waals surface area (Å²) in [5, 5.41) is 2.65. The molecular formula is C22H27NO7. The van der Waals surface area contributed by atoms with Crippen LogP contribution in [0.15, 0.2) is 36.4 Å². The van der Waals surface area contributed by atoms with Crippen LogP contribution in [0.3, 0.4) is 0 Å². The van der Waals surface area contributed by atoms with Gasteiger partial charge in [-0.25, -0.2) is 4.79 Å². The van der Waals surface area contributed by atoms with Crippen molar-refractivity contribution in [3.8, 4) is 23.0 Å². The zero-order valence-corrected chi connectivity index (χ0v) is 17.7. The maximum atomic E-state index is 12.5. The lowest BCUT2D eigenvalue weighted by molar-refractivity contribution is -0.119. The second-order valence-electron chi connectivity index (χ2n) is 5.95. The quantitative estimate of drug-likeness (QED) is 0.558. The van der Waals surface area contributed by atoms with Gasteiger partial charge in [-0.05, 0) is 57.2 Å². The first-order valence-corrected chi connectivity index (χ1v) is 9.69. The van der Waals surface area contributed by atoms with Gasteiger partial charge in [0.2, 0.25) is 5.75 Å². The fraction of sp³-hybridized carbons (Fsp3) is 0.364. The fourth-order valence-corrected chi connectivity index (χ4v) is 2.59. The minimum Gasteiger partial charge on any atom is -0.497 e. The van der Waals surface area contributed by atoms with Gasteiger partial charge in [0.15, 0.2) is 18.1 Å². The first-order valence-electron chi connectivity index (χ1n) is 9.69. The summed E-state index contributed by atoms with van der Waals surface area (Å²) in [5.41, 5.74) is 0.762. The normalized spacial score (nSPS) is 10.1. The fourth-order valence-electron chi connectivity index (χ4n) is 2.59. The van der Waals surface area contributed by atoms with Crippen molar-refractivity contribution >= 4 is 17.6 Å². The average Bonchev–Trinajstić information content (AvgIpc) is 2.75. The molecule has 0 aliphatic rings. The lowest BCUT2D eigenvalue weighted by Crippen LogP contribution is -2.21. The number of anilines is 1. The molecule has 1 N–H and O–H groups in total. The van der Waals surface area contributed by atoms with Crippen LogP contribution in [-0.2, 0) is 9.53 Å². The topological polar surface area (TPSA) is 92.3 Å². The van der Waals surface area contributed by atoms with E-state index in [2.05, 4.69) is 5.32 Å². The highest BCUT2D eigenvalue weighted by atomic mass is 16.5. The largest absolute Gasteiger partial charge is 0.497 e. The number of nitrogens with one attached hydrogen (secondary N) is 1. The molecule has 0 atom stereocenters. The number of methoxy groups -OCH3 is 1. The Morgan fingerprint density at radius 3 is 1.93 bits per heavy atom. The van der Waals surface area contributed by atoms with Gasteiger partial charge in [-0.15, -0.1) is 0 Å². The maximum absolute atomic E-state index is 12.5. The van der Waals surface area contributed by atoms with E-state index in [0.717, 1.165) is 0 Å². The second kappa shape index (κ2) is 11.5. The zero-order chi connectivity index (χ0) is 21.9. The minimum absolute atomic E-state index is 0.197. The average molecular weight is 417 g/mol. The molecule has 162 valence electrons. The van der Waals surface area contributed by atoms with Crippen LogP contribution in [0.5, 0.6) is 23.0 Å². The van der Waals surface area contributed by atoms with Crippen LogP contribution in [0, 0.1) is 0 Å². The highest BCUT2D eigenvalue weighted by Crippen LogP contribution is 2.39. The van der Waals surface area contributed by atoms with Gasteiger partial charge in [0.05, 0.1) is 32.5 Å². The highest BCUT2D eigenvalue weighted by Gasteiger charge is 2.20. The van der Waals surface area contributed by atoms with Crippen molar-refractivity contribution < 1.29 is 33.3 Å².